The van der Waals surface area contributed by atoms with Crippen LogP contribution in [0.4, 0.5) is 8.78 Å². The fraction of sp³-hybridized carbons (Fsp3) is 0.400. The molecule has 1 N–H and O–H groups in total. The fourth-order valence-corrected chi connectivity index (χ4v) is 3.52. The smallest absolute Gasteiger partial charge is 0.227 e. The van der Waals surface area contributed by atoms with E-state index < -0.39 is 17.7 Å². The quantitative estimate of drug-likeness (QED) is 0.402. The van der Waals surface area contributed by atoms with Crippen LogP contribution < -0.4 is 4.74 Å². The molecule has 9 heteroatoms. The SMILES string of the molecule is CCOCC(O)CN(CCOC)Cc1c(C)nn(-c2ccccc2)c1Oc1ccc(F)cc1F. The largest absolute Gasteiger partial charge is 0.435 e. The predicted molar refractivity (Wildman–Crippen MR) is 124 cm³/mol. The highest BCUT2D eigenvalue weighted by molar-refractivity contribution is 5.43. The van der Waals surface area contributed by atoms with Crippen molar-refractivity contribution in [3.63, 3.8) is 0 Å². The zero-order valence-electron chi connectivity index (χ0n) is 19.7. The average Bonchev–Trinajstić information content (AvgIpc) is 3.13. The summed E-state index contributed by atoms with van der Waals surface area (Å²) in [5.74, 6) is -1.30. The molecule has 1 heterocycles. The number of aliphatic hydroxyl groups is 1. The second-order valence-electron chi connectivity index (χ2n) is 7.83. The third kappa shape index (κ3) is 6.83. The first kappa shape index (κ1) is 25.8. The molecule has 184 valence electrons. The fourth-order valence-electron chi connectivity index (χ4n) is 3.52. The van der Waals surface area contributed by atoms with Crippen LogP contribution in [0.1, 0.15) is 18.2 Å². The zero-order valence-corrected chi connectivity index (χ0v) is 19.7. The van der Waals surface area contributed by atoms with Gasteiger partial charge in [-0.15, -0.1) is 0 Å². The lowest BCUT2D eigenvalue weighted by Crippen LogP contribution is -2.36. The highest BCUT2D eigenvalue weighted by Crippen LogP contribution is 2.33. The number of benzene rings is 2. The summed E-state index contributed by atoms with van der Waals surface area (Å²) in [6, 6.07) is 12.5. The molecule has 0 bridgehead atoms. The number of para-hydroxylation sites is 1. The van der Waals surface area contributed by atoms with Crippen LogP contribution in [-0.2, 0) is 16.0 Å². The number of aliphatic hydroxyl groups excluding tert-OH is 1. The number of nitrogens with zero attached hydrogens (tertiary/aromatic N) is 3. The maximum atomic E-state index is 14.5. The molecule has 34 heavy (non-hydrogen) atoms. The van der Waals surface area contributed by atoms with Crippen molar-refractivity contribution in [2.75, 3.05) is 40.0 Å². The van der Waals surface area contributed by atoms with Crippen LogP contribution in [0.25, 0.3) is 5.69 Å². The summed E-state index contributed by atoms with van der Waals surface area (Å²) >= 11 is 0. The maximum absolute atomic E-state index is 14.5. The molecule has 1 atom stereocenters. The van der Waals surface area contributed by atoms with E-state index in [4.69, 9.17) is 14.2 Å². The predicted octanol–water partition coefficient (Wildman–Crippen LogP) is 4.10. The van der Waals surface area contributed by atoms with Crippen molar-refractivity contribution in [2.45, 2.75) is 26.5 Å². The van der Waals surface area contributed by atoms with Gasteiger partial charge >= 0.3 is 0 Å². The number of halogens is 2. The van der Waals surface area contributed by atoms with E-state index in [2.05, 4.69) is 5.10 Å². The van der Waals surface area contributed by atoms with E-state index in [9.17, 15) is 13.9 Å². The maximum Gasteiger partial charge on any atom is 0.227 e. The van der Waals surface area contributed by atoms with Gasteiger partial charge in [0.05, 0.1) is 36.3 Å². The van der Waals surface area contributed by atoms with Crippen molar-refractivity contribution in [3.05, 3.63) is 71.4 Å². The molecule has 0 aliphatic heterocycles. The molecule has 2 aromatic carbocycles. The Morgan fingerprint density at radius 3 is 2.59 bits per heavy atom. The van der Waals surface area contributed by atoms with E-state index in [0.29, 0.717) is 50.0 Å². The van der Waals surface area contributed by atoms with Gasteiger partial charge in [-0.1, -0.05) is 18.2 Å². The van der Waals surface area contributed by atoms with Crippen molar-refractivity contribution < 1.29 is 28.1 Å². The Hall–Kier alpha value is -2.85. The first-order valence-electron chi connectivity index (χ1n) is 11.2. The number of hydrogen-bond acceptors (Lipinski definition) is 6. The summed E-state index contributed by atoms with van der Waals surface area (Å²) in [5, 5.41) is 15.0. The third-order valence-corrected chi connectivity index (χ3v) is 5.22. The second-order valence-corrected chi connectivity index (χ2v) is 7.83. The highest BCUT2D eigenvalue weighted by atomic mass is 19.1. The van der Waals surface area contributed by atoms with Crippen molar-refractivity contribution in [2.24, 2.45) is 0 Å². The molecule has 0 aliphatic rings. The Morgan fingerprint density at radius 2 is 1.91 bits per heavy atom. The van der Waals surface area contributed by atoms with E-state index >= 15 is 0 Å². The lowest BCUT2D eigenvalue weighted by atomic mass is 10.2. The molecule has 3 rings (SSSR count). The van der Waals surface area contributed by atoms with Crippen LogP contribution in [0.3, 0.4) is 0 Å². The average molecular weight is 476 g/mol. The van der Waals surface area contributed by atoms with Gasteiger partial charge in [0.1, 0.15) is 5.82 Å². The van der Waals surface area contributed by atoms with Crippen LogP contribution in [0.2, 0.25) is 0 Å². The summed E-state index contributed by atoms with van der Waals surface area (Å²) in [6.45, 7) is 6.14. The van der Waals surface area contributed by atoms with Crippen molar-refractivity contribution in [3.8, 4) is 17.3 Å². The minimum atomic E-state index is -0.812. The van der Waals surface area contributed by atoms with Crippen LogP contribution in [0.15, 0.2) is 48.5 Å². The van der Waals surface area contributed by atoms with Crippen LogP contribution >= 0.6 is 0 Å². The molecule has 0 radical (unpaired) electrons. The molecule has 0 aliphatic carbocycles. The molecule has 1 aromatic heterocycles. The normalized spacial score (nSPS) is 12.3. The molecule has 3 aromatic rings. The minimum Gasteiger partial charge on any atom is -0.435 e. The lowest BCUT2D eigenvalue weighted by Gasteiger charge is -2.25. The van der Waals surface area contributed by atoms with Gasteiger partial charge < -0.3 is 19.3 Å². The van der Waals surface area contributed by atoms with Crippen LogP contribution in [-0.4, -0.2) is 65.9 Å². The monoisotopic (exact) mass is 475 g/mol. The summed E-state index contributed by atoms with van der Waals surface area (Å²) in [4.78, 5) is 2.00. The second kappa shape index (κ2) is 12.6. The van der Waals surface area contributed by atoms with Gasteiger partial charge in [-0.2, -0.15) is 5.10 Å². The van der Waals surface area contributed by atoms with E-state index in [1.54, 1.807) is 11.8 Å². The Labute approximate surface area is 198 Å². The number of rotatable bonds is 13. The van der Waals surface area contributed by atoms with E-state index in [0.717, 1.165) is 17.8 Å². The summed E-state index contributed by atoms with van der Waals surface area (Å²) in [6.07, 6.45) is -0.694. The summed E-state index contributed by atoms with van der Waals surface area (Å²) in [7, 11) is 1.61. The van der Waals surface area contributed by atoms with Gasteiger partial charge in [-0.25, -0.2) is 13.5 Å². The zero-order chi connectivity index (χ0) is 24.5. The summed E-state index contributed by atoms with van der Waals surface area (Å²) < 4.78 is 46.1. The van der Waals surface area contributed by atoms with Crippen molar-refractivity contribution in [1.29, 1.82) is 0 Å². The Balaban J connectivity index is 1.98. The van der Waals surface area contributed by atoms with E-state index in [1.807, 2.05) is 49.1 Å². The van der Waals surface area contributed by atoms with Gasteiger partial charge in [-0.3, -0.25) is 4.90 Å². The molecule has 0 saturated carbocycles. The van der Waals surface area contributed by atoms with E-state index in [-0.39, 0.29) is 12.4 Å². The van der Waals surface area contributed by atoms with Crippen molar-refractivity contribution in [1.82, 2.24) is 14.7 Å². The number of aromatic nitrogens is 2. The standard InChI is InChI=1S/C25H31F2N3O4/c1-4-33-17-21(31)15-29(12-13-32-3)16-22-18(2)28-30(20-8-6-5-7-9-20)25(22)34-24-11-10-19(26)14-23(24)27/h5-11,14,21,31H,4,12-13,15-17H2,1-3H3. The molecule has 0 fully saturated rings. The van der Waals surface area contributed by atoms with Gasteiger partial charge in [0.15, 0.2) is 11.6 Å². The first-order valence-corrected chi connectivity index (χ1v) is 11.2. The Kier molecular flexibility index (Phi) is 9.52. The van der Waals surface area contributed by atoms with Crippen LogP contribution in [0, 0.1) is 18.6 Å². The van der Waals surface area contributed by atoms with E-state index in [1.165, 1.54) is 6.07 Å². The number of methoxy groups -OCH3 is 1. The molecule has 1 unspecified atom stereocenters. The van der Waals surface area contributed by atoms with Crippen LogP contribution in [0.5, 0.6) is 11.6 Å². The van der Waals surface area contributed by atoms with Gasteiger partial charge in [0.25, 0.3) is 0 Å². The number of hydrogen-bond donors (Lipinski definition) is 1. The van der Waals surface area contributed by atoms with Gasteiger partial charge in [-0.05, 0) is 38.1 Å². The Bertz CT molecular complexity index is 1050. The lowest BCUT2D eigenvalue weighted by molar-refractivity contribution is 0.0147. The molecule has 7 nitrogen and oxygen atoms in total. The minimum absolute atomic E-state index is 0.112. The molecule has 0 spiro atoms. The number of ether oxygens (including phenoxy) is 3. The topological polar surface area (TPSA) is 69.0 Å². The van der Waals surface area contributed by atoms with Gasteiger partial charge in [0.2, 0.25) is 5.88 Å². The molecular weight excluding hydrogens is 444 g/mol. The van der Waals surface area contributed by atoms with Gasteiger partial charge in [0, 0.05) is 39.4 Å². The first-order chi connectivity index (χ1) is 16.4. The Morgan fingerprint density at radius 1 is 1.15 bits per heavy atom. The highest BCUT2D eigenvalue weighted by Gasteiger charge is 2.23. The molecular formula is C25H31F2N3O4. The summed E-state index contributed by atoms with van der Waals surface area (Å²) in [5.41, 5.74) is 2.13. The number of aryl methyl sites for hydroxylation is 1. The van der Waals surface area contributed by atoms with Crippen molar-refractivity contribution >= 4 is 0 Å². The molecule has 0 saturated heterocycles. The third-order valence-electron chi connectivity index (χ3n) is 5.22. The molecule has 0 amide bonds.